The number of nitrogens with zero attached hydrogens (tertiary/aromatic N) is 2. The Bertz CT molecular complexity index is 382. The Hall–Kier alpha value is -1.77. The van der Waals surface area contributed by atoms with Crippen LogP contribution in [0.25, 0.3) is 5.69 Å². The Labute approximate surface area is 76.6 Å². The summed E-state index contributed by atoms with van der Waals surface area (Å²) in [6.07, 6.45) is 6.35. The van der Waals surface area contributed by atoms with Gasteiger partial charge in [-0.3, -0.25) is 4.57 Å². The van der Waals surface area contributed by atoms with Crippen LogP contribution in [0.15, 0.2) is 36.7 Å². The summed E-state index contributed by atoms with van der Waals surface area (Å²) in [7, 11) is 1.65. The number of aromatic nitrogens is 2. The average Bonchev–Trinajstić information content (AvgIpc) is 2.71. The van der Waals surface area contributed by atoms with E-state index in [0.717, 1.165) is 11.4 Å². The summed E-state index contributed by atoms with van der Waals surface area (Å²) >= 11 is 0. The highest BCUT2D eigenvalue weighted by Crippen LogP contribution is 2.15. The van der Waals surface area contributed by atoms with Crippen molar-refractivity contribution in [2.24, 2.45) is 0 Å². The van der Waals surface area contributed by atoms with Crippen LogP contribution in [0.2, 0.25) is 0 Å². The van der Waals surface area contributed by atoms with Gasteiger partial charge in [-0.15, -0.1) is 0 Å². The molecule has 0 aliphatic rings. The molecule has 0 N–H and O–H groups in total. The Morgan fingerprint density at radius 2 is 2.38 bits per heavy atom. The Kier molecular flexibility index (Phi) is 2.00. The van der Waals surface area contributed by atoms with Crippen molar-refractivity contribution in [3.8, 4) is 11.4 Å². The minimum atomic E-state index is 0.833. The van der Waals surface area contributed by atoms with E-state index in [-0.39, 0.29) is 0 Å². The maximum atomic E-state index is 5.11. The van der Waals surface area contributed by atoms with Crippen molar-refractivity contribution in [2.45, 2.75) is 0 Å². The smallest absolute Gasteiger partial charge is 0.181 e. The first-order valence-corrected chi connectivity index (χ1v) is 3.95. The SMILES string of the molecule is COc1cccc(-n2[c]ncc2)c1. The summed E-state index contributed by atoms with van der Waals surface area (Å²) in [5, 5.41) is 0. The minimum absolute atomic E-state index is 0.833. The van der Waals surface area contributed by atoms with Crippen LogP contribution in [-0.2, 0) is 0 Å². The summed E-state index contributed by atoms with van der Waals surface area (Å²) in [6, 6.07) is 7.74. The van der Waals surface area contributed by atoms with Gasteiger partial charge >= 0.3 is 0 Å². The van der Waals surface area contributed by atoms with Crippen LogP contribution >= 0.6 is 0 Å². The molecule has 1 radical (unpaired) electrons. The van der Waals surface area contributed by atoms with E-state index in [9.17, 15) is 0 Å². The number of methoxy groups -OCH3 is 1. The molecule has 3 heteroatoms. The standard InChI is InChI=1S/C10H9N2O/c1-13-10-4-2-3-9(7-10)12-6-5-11-8-12/h2-7H,1H3. The molecule has 0 unspecified atom stereocenters. The maximum Gasteiger partial charge on any atom is 0.181 e. The first-order valence-electron chi connectivity index (χ1n) is 3.95. The molecule has 13 heavy (non-hydrogen) atoms. The fraction of sp³-hybridized carbons (Fsp3) is 0.100. The zero-order valence-electron chi connectivity index (χ0n) is 7.27. The first-order chi connectivity index (χ1) is 6.40. The third-order valence-corrected chi connectivity index (χ3v) is 1.79. The van der Waals surface area contributed by atoms with E-state index in [1.165, 1.54) is 0 Å². The lowest BCUT2D eigenvalue weighted by atomic mass is 10.3. The summed E-state index contributed by atoms with van der Waals surface area (Å²) in [5.41, 5.74) is 0.997. The molecule has 0 aliphatic carbocycles. The fourth-order valence-electron chi connectivity index (χ4n) is 1.13. The highest BCUT2D eigenvalue weighted by molar-refractivity contribution is 5.38. The molecule has 0 saturated heterocycles. The monoisotopic (exact) mass is 173 g/mol. The quantitative estimate of drug-likeness (QED) is 0.690. The van der Waals surface area contributed by atoms with Crippen LogP contribution in [0.3, 0.4) is 0 Å². The van der Waals surface area contributed by atoms with Gasteiger partial charge in [0.05, 0.1) is 12.8 Å². The highest BCUT2D eigenvalue weighted by atomic mass is 16.5. The van der Waals surface area contributed by atoms with Gasteiger partial charge < -0.3 is 4.74 Å². The molecule has 0 amide bonds. The van der Waals surface area contributed by atoms with Crippen LogP contribution in [0.4, 0.5) is 0 Å². The third-order valence-electron chi connectivity index (χ3n) is 1.79. The molecule has 0 saturated carbocycles. The number of ether oxygens (including phenoxy) is 1. The Morgan fingerprint density at radius 1 is 1.46 bits per heavy atom. The van der Waals surface area contributed by atoms with Gasteiger partial charge in [0.1, 0.15) is 5.75 Å². The second-order valence-corrected chi connectivity index (χ2v) is 2.60. The van der Waals surface area contributed by atoms with Crippen molar-refractivity contribution in [3.05, 3.63) is 43.0 Å². The molecule has 0 bridgehead atoms. The van der Waals surface area contributed by atoms with Crippen LogP contribution in [0.1, 0.15) is 0 Å². The van der Waals surface area contributed by atoms with Gasteiger partial charge in [-0.05, 0) is 12.1 Å². The Balaban J connectivity index is 2.41. The molecule has 1 heterocycles. The molecule has 2 rings (SSSR count). The van der Waals surface area contributed by atoms with Crippen molar-refractivity contribution in [3.63, 3.8) is 0 Å². The van der Waals surface area contributed by atoms with Crippen LogP contribution in [0.5, 0.6) is 5.75 Å². The van der Waals surface area contributed by atoms with Gasteiger partial charge in [0.25, 0.3) is 0 Å². The first kappa shape index (κ1) is 7.86. The van der Waals surface area contributed by atoms with Gasteiger partial charge in [-0.25, -0.2) is 4.98 Å². The maximum absolute atomic E-state index is 5.11. The second kappa shape index (κ2) is 3.31. The van der Waals surface area contributed by atoms with E-state index in [0.29, 0.717) is 0 Å². The van der Waals surface area contributed by atoms with E-state index in [1.54, 1.807) is 13.3 Å². The van der Waals surface area contributed by atoms with Gasteiger partial charge in [-0.1, -0.05) is 6.07 Å². The third kappa shape index (κ3) is 1.54. The zero-order valence-corrected chi connectivity index (χ0v) is 7.27. The lowest BCUT2D eigenvalue weighted by Gasteiger charge is -2.03. The molecule has 0 atom stereocenters. The van der Waals surface area contributed by atoms with Gasteiger partial charge in [-0.2, -0.15) is 0 Å². The predicted molar refractivity (Wildman–Crippen MR) is 49.0 cm³/mol. The summed E-state index contributed by atoms with van der Waals surface area (Å²) in [5.74, 6) is 0.833. The number of benzene rings is 1. The largest absolute Gasteiger partial charge is 0.497 e. The number of rotatable bonds is 2. The summed E-state index contributed by atoms with van der Waals surface area (Å²) < 4.78 is 6.91. The van der Waals surface area contributed by atoms with E-state index in [1.807, 2.05) is 35.0 Å². The predicted octanol–water partition coefficient (Wildman–Crippen LogP) is 1.68. The van der Waals surface area contributed by atoms with Crippen molar-refractivity contribution in [1.82, 2.24) is 9.55 Å². The molecule has 1 aromatic carbocycles. The summed E-state index contributed by atoms with van der Waals surface area (Å²) in [6.45, 7) is 0. The lowest BCUT2D eigenvalue weighted by Crippen LogP contribution is -1.91. The molecular formula is C10H9N2O. The lowest BCUT2D eigenvalue weighted by molar-refractivity contribution is 0.414. The number of hydrogen-bond acceptors (Lipinski definition) is 2. The number of hydrogen-bond donors (Lipinski definition) is 0. The molecule has 1 aromatic heterocycles. The minimum Gasteiger partial charge on any atom is -0.497 e. The highest BCUT2D eigenvalue weighted by Gasteiger charge is 1.96. The normalized spacial score (nSPS) is 9.92. The van der Waals surface area contributed by atoms with Gasteiger partial charge in [0, 0.05) is 18.5 Å². The van der Waals surface area contributed by atoms with Gasteiger partial charge in [0.15, 0.2) is 6.33 Å². The fourth-order valence-corrected chi connectivity index (χ4v) is 1.13. The van der Waals surface area contributed by atoms with Crippen LogP contribution in [0, 0.1) is 6.33 Å². The zero-order chi connectivity index (χ0) is 9.10. The van der Waals surface area contributed by atoms with Crippen molar-refractivity contribution >= 4 is 0 Å². The number of imidazole rings is 1. The van der Waals surface area contributed by atoms with Crippen molar-refractivity contribution in [1.29, 1.82) is 0 Å². The van der Waals surface area contributed by atoms with Crippen LogP contribution in [-0.4, -0.2) is 16.7 Å². The van der Waals surface area contributed by atoms with Crippen molar-refractivity contribution < 1.29 is 4.74 Å². The second-order valence-electron chi connectivity index (χ2n) is 2.60. The molecule has 65 valence electrons. The van der Waals surface area contributed by atoms with Gasteiger partial charge in [0.2, 0.25) is 0 Å². The molecule has 2 aromatic rings. The van der Waals surface area contributed by atoms with E-state index < -0.39 is 0 Å². The molecule has 0 aliphatic heterocycles. The van der Waals surface area contributed by atoms with Crippen molar-refractivity contribution in [2.75, 3.05) is 7.11 Å². The van der Waals surface area contributed by atoms with E-state index in [4.69, 9.17) is 4.74 Å². The molecule has 0 spiro atoms. The van der Waals surface area contributed by atoms with Crippen LogP contribution < -0.4 is 4.74 Å². The summed E-state index contributed by atoms with van der Waals surface area (Å²) in [4.78, 5) is 3.85. The molecule has 3 nitrogen and oxygen atoms in total. The molecule has 0 fully saturated rings. The average molecular weight is 173 g/mol. The molecular weight excluding hydrogens is 164 g/mol. The topological polar surface area (TPSA) is 27.1 Å². The van der Waals surface area contributed by atoms with E-state index in [2.05, 4.69) is 11.3 Å². The Morgan fingerprint density at radius 3 is 3.08 bits per heavy atom. The van der Waals surface area contributed by atoms with E-state index >= 15 is 0 Å².